The first kappa shape index (κ1) is 33.8. The number of nitrogens with zero attached hydrogens (tertiary/aromatic N) is 3. The predicted octanol–water partition coefficient (Wildman–Crippen LogP) is 4.85. The molecule has 4 aromatic rings. The number of carboxylic acid groups (broad SMARTS) is 2. The number of hydrogen-bond donors (Lipinski definition) is 4. The van der Waals surface area contributed by atoms with Crippen LogP contribution in [0.5, 0.6) is 0 Å². The molecule has 3 heterocycles. The molecule has 0 fully saturated rings. The summed E-state index contributed by atoms with van der Waals surface area (Å²) in [5.41, 5.74) is 3.88. The number of fused-ring (bicyclic) bond motifs is 1. The highest BCUT2D eigenvalue weighted by molar-refractivity contribution is 7.09. The number of aromatic amines is 1. The second-order valence-electron chi connectivity index (χ2n) is 8.63. The van der Waals surface area contributed by atoms with Gasteiger partial charge in [-0.3, -0.25) is 9.89 Å². The molecule has 228 valence electrons. The number of amides is 1. The number of carbonyl (C=O) groups is 3. The van der Waals surface area contributed by atoms with Crippen molar-refractivity contribution >= 4 is 40.1 Å². The maximum atomic E-state index is 12.9. The maximum Gasteiger partial charge on any atom is 0.490 e. The van der Waals surface area contributed by atoms with Gasteiger partial charge in [0.2, 0.25) is 0 Å². The molecule has 10 nitrogen and oxygen atoms in total. The van der Waals surface area contributed by atoms with Crippen LogP contribution in [0.25, 0.3) is 22.0 Å². The number of H-pyrrole nitrogens is 1. The number of thiophene rings is 1. The van der Waals surface area contributed by atoms with Crippen LogP contribution in [0.1, 0.15) is 15.2 Å². The van der Waals surface area contributed by atoms with Crippen LogP contribution in [0, 0.1) is 0 Å². The minimum Gasteiger partial charge on any atom is -0.475 e. The number of carbonyl (C=O) groups excluding carboxylic acids is 1. The standard InChI is InChI=1S/C21H23N5OS.2C2HF3O2/c1-25(2)7-8-26-14-19(21(27)22-13-17-4-3-9-28-17)18-6-5-15(10-20(18)26)16-11-23-24-12-16;2*3-2(4,5)1(6)7/h3-6,9-12,14H,7-8,13H2,1-2H3,(H,22,27)(H,23,24);2*(H,6,7). The normalized spacial score (nSPS) is 11.4. The molecule has 0 saturated carbocycles. The second-order valence-corrected chi connectivity index (χ2v) is 9.66. The molecule has 0 unspecified atom stereocenters. The Balaban J connectivity index is 0.000000367. The van der Waals surface area contributed by atoms with E-state index in [-0.39, 0.29) is 5.91 Å². The molecule has 1 amide bonds. The Morgan fingerprint density at radius 1 is 1.02 bits per heavy atom. The van der Waals surface area contributed by atoms with E-state index in [1.54, 1.807) is 11.3 Å². The van der Waals surface area contributed by atoms with Crippen molar-refractivity contribution in [2.75, 3.05) is 20.6 Å². The molecule has 0 saturated heterocycles. The van der Waals surface area contributed by atoms with Gasteiger partial charge in [0.25, 0.3) is 5.91 Å². The fraction of sp³-hybridized carbons (Fsp3) is 0.280. The summed E-state index contributed by atoms with van der Waals surface area (Å²) in [4.78, 5) is 34.0. The van der Waals surface area contributed by atoms with Crippen molar-refractivity contribution in [3.63, 3.8) is 0 Å². The number of rotatable bonds is 7. The molecule has 0 aliphatic carbocycles. The average Bonchev–Trinajstić information content (AvgIpc) is 3.67. The summed E-state index contributed by atoms with van der Waals surface area (Å²) in [5.74, 6) is -5.56. The van der Waals surface area contributed by atoms with Gasteiger partial charge in [-0.15, -0.1) is 11.3 Å². The van der Waals surface area contributed by atoms with Crippen molar-refractivity contribution in [1.82, 2.24) is 25.0 Å². The van der Waals surface area contributed by atoms with Crippen LogP contribution in [0.4, 0.5) is 26.3 Å². The average molecular weight is 622 g/mol. The minimum atomic E-state index is -5.08. The smallest absolute Gasteiger partial charge is 0.475 e. The van der Waals surface area contributed by atoms with Crippen molar-refractivity contribution in [3.05, 3.63) is 64.7 Å². The number of hydrogen-bond acceptors (Lipinski definition) is 6. The Kier molecular flexibility index (Phi) is 11.7. The second kappa shape index (κ2) is 14.5. The molecular weight excluding hydrogens is 596 g/mol. The van der Waals surface area contributed by atoms with E-state index in [0.717, 1.165) is 40.0 Å². The lowest BCUT2D eigenvalue weighted by Crippen LogP contribution is -2.22. The number of benzene rings is 1. The number of carboxylic acids is 2. The van der Waals surface area contributed by atoms with Crippen molar-refractivity contribution in [2.45, 2.75) is 25.4 Å². The van der Waals surface area contributed by atoms with Gasteiger partial charge >= 0.3 is 24.3 Å². The highest BCUT2D eigenvalue weighted by Crippen LogP contribution is 2.28. The SMILES string of the molecule is CN(C)CCn1cc(C(=O)NCc2cccs2)c2ccc(-c3cn[nH]c3)cc21.O=C(O)C(F)(F)F.O=C(O)C(F)(F)F. The largest absolute Gasteiger partial charge is 0.490 e. The zero-order valence-corrected chi connectivity index (χ0v) is 22.8. The molecule has 0 aliphatic rings. The quantitative estimate of drug-likeness (QED) is 0.216. The molecule has 17 heteroatoms. The van der Waals surface area contributed by atoms with Crippen molar-refractivity contribution in [3.8, 4) is 11.1 Å². The molecule has 4 rings (SSSR count). The van der Waals surface area contributed by atoms with Crippen LogP contribution in [0.2, 0.25) is 0 Å². The van der Waals surface area contributed by atoms with Gasteiger partial charge in [-0.1, -0.05) is 18.2 Å². The number of nitrogens with one attached hydrogen (secondary N) is 2. The van der Waals surface area contributed by atoms with Gasteiger partial charge in [-0.05, 0) is 37.2 Å². The lowest BCUT2D eigenvalue weighted by Gasteiger charge is -2.11. The molecule has 1 aromatic carbocycles. The first-order valence-electron chi connectivity index (χ1n) is 11.7. The maximum absolute atomic E-state index is 12.9. The number of aliphatic carboxylic acids is 2. The molecule has 0 spiro atoms. The topological polar surface area (TPSA) is 141 Å². The molecule has 3 aromatic heterocycles. The molecule has 0 bridgehead atoms. The third-order valence-electron chi connectivity index (χ3n) is 5.23. The number of halogens is 6. The van der Waals surface area contributed by atoms with Crippen LogP contribution >= 0.6 is 11.3 Å². The third kappa shape index (κ3) is 10.2. The Hall–Kier alpha value is -4.38. The molecular formula is C25H25F6N5O5S. The predicted molar refractivity (Wildman–Crippen MR) is 141 cm³/mol. The van der Waals surface area contributed by atoms with Crippen LogP contribution in [-0.4, -0.2) is 80.7 Å². The Bertz CT molecular complexity index is 1440. The Morgan fingerprint density at radius 3 is 2.12 bits per heavy atom. The van der Waals surface area contributed by atoms with Gasteiger partial charge in [0.15, 0.2) is 0 Å². The van der Waals surface area contributed by atoms with Gasteiger partial charge < -0.3 is 25.0 Å². The number of likely N-dealkylation sites (N-methyl/N-ethyl adjacent to an activating group) is 1. The summed E-state index contributed by atoms with van der Waals surface area (Å²) in [5, 5.41) is 27.2. The Labute approximate surface area is 238 Å². The van der Waals surface area contributed by atoms with E-state index in [1.165, 1.54) is 0 Å². The molecule has 0 aliphatic heterocycles. The van der Waals surface area contributed by atoms with Crippen molar-refractivity contribution < 1.29 is 50.9 Å². The highest BCUT2D eigenvalue weighted by atomic mass is 32.1. The van der Waals surface area contributed by atoms with Crippen molar-refractivity contribution in [2.24, 2.45) is 0 Å². The number of alkyl halides is 6. The van der Waals surface area contributed by atoms with Gasteiger partial charge in [-0.2, -0.15) is 31.4 Å². The first-order chi connectivity index (χ1) is 19.5. The fourth-order valence-electron chi connectivity index (χ4n) is 3.23. The van der Waals surface area contributed by atoms with E-state index in [1.807, 2.05) is 48.2 Å². The third-order valence-corrected chi connectivity index (χ3v) is 6.11. The lowest BCUT2D eigenvalue weighted by molar-refractivity contribution is -0.193. The van der Waals surface area contributed by atoms with E-state index in [9.17, 15) is 31.1 Å². The summed E-state index contributed by atoms with van der Waals surface area (Å²) in [6.45, 7) is 2.26. The summed E-state index contributed by atoms with van der Waals surface area (Å²) >= 11 is 1.65. The van der Waals surface area contributed by atoms with E-state index in [0.29, 0.717) is 12.1 Å². The summed E-state index contributed by atoms with van der Waals surface area (Å²) < 4.78 is 65.6. The summed E-state index contributed by atoms with van der Waals surface area (Å²) in [6.07, 6.45) is -4.51. The first-order valence-corrected chi connectivity index (χ1v) is 12.6. The molecule has 0 radical (unpaired) electrons. The lowest BCUT2D eigenvalue weighted by atomic mass is 10.1. The summed E-state index contributed by atoms with van der Waals surface area (Å²) in [7, 11) is 4.11. The van der Waals surface area contributed by atoms with Crippen LogP contribution in [0.3, 0.4) is 0 Å². The number of aromatic nitrogens is 3. The van der Waals surface area contributed by atoms with Crippen molar-refractivity contribution in [1.29, 1.82) is 0 Å². The molecule has 4 N–H and O–H groups in total. The van der Waals surface area contributed by atoms with Crippen LogP contribution < -0.4 is 5.32 Å². The zero-order chi connectivity index (χ0) is 31.7. The van der Waals surface area contributed by atoms with Gasteiger partial charge in [-0.25, -0.2) is 9.59 Å². The van der Waals surface area contributed by atoms with E-state index in [4.69, 9.17) is 19.8 Å². The molecule has 42 heavy (non-hydrogen) atoms. The molecule has 0 atom stereocenters. The Morgan fingerprint density at radius 2 is 1.64 bits per heavy atom. The van der Waals surface area contributed by atoms with Crippen LogP contribution in [0.15, 0.2) is 54.3 Å². The van der Waals surface area contributed by atoms with Crippen LogP contribution in [-0.2, 0) is 22.7 Å². The zero-order valence-electron chi connectivity index (χ0n) is 22.0. The van der Waals surface area contributed by atoms with E-state index < -0.39 is 24.3 Å². The minimum absolute atomic E-state index is 0.0435. The van der Waals surface area contributed by atoms with Gasteiger partial charge in [0.05, 0.1) is 18.3 Å². The van der Waals surface area contributed by atoms with E-state index >= 15 is 0 Å². The van der Waals surface area contributed by atoms with E-state index in [2.05, 4.69) is 45.1 Å². The fourth-order valence-corrected chi connectivity index (χ4v) is 3.87. The van der Waals surface area contributed by atoms with Gasteiger partial charge in [0.1, 0.15) is 0 Å². The summed E-state index contributed by atoms with van der Waals surface area (Å²) in [6, 6.07) is 10.2. The van der Waals surface area contributed by atoms with Gasteiger partial charge in [0, 0.05) is 46.8 Å². The monoisotopic (exact) mass is 621 g/mol. The highest BCUT2D eigenvalue weighted by Gasteiger charge is 2.38.